The van der Waals surface area contributed by atoms with Crippen LogP contribution >= 0.6 is 0 Å². The first-order valence-corrected chi connectivity index (χ1v) is 13.6. The van der Waals surface area contributed by atoms with Crippen LogP contribution in [0.25, 0.3) is 17.2 Å². The minimum absolute atomic E-state index is 0.104. The molecule has 0 radical (unpaired) electrons. The summed E-state index contributed by atoms with van der Waals surface area (Å²) in [6.45, 7) is 10.7. The number of hydrogen-bond donors (Lipinski definition) is 1. The molecule has 5 heteroatoms. The molecule has 5 nitrogen and oxygen atoms in total. The minimum Gasteiger partial charge on any atom is -0.463 e. The molecular weight excluding hydrogens is 474 g/mol. The van der Waals surface area contributed by atoms with E-state index >= 15 is 0 Å². The van der Waals surface area contributed by atoms with Crippen molar-refractivity contribution in [1.29, 1.82) is 0 Å². The maximum absolute atomic E-state index is 10.8. The Bertz CT molecular complexity index is 1290. The number of aromatic nitrogens is 1. The van der Waals surface area contributed by atoms with Crippen LogP contribution in [0.2, 0.25) is 0 Å². The van der Waals surface area contributed by atoms with Gasteiger partial charge in [0.2, 0.25) is 0 Å². The van der Waals surface area contributed by atoms with E-state index in [0.29, 0.717) is 32.5 Å². The Hall–Kier alpha value is -3.28. The van der Waals surface area contributed by atoms with Gasteiger partial charge < -0.3 is 14.6 Å². The molecule has 3 aromatic rings. The van der Waals surface area contributed by atoms with Crippen LogP contribution in [0.15, 0.2) is 60.9 Å². The number of benzene rings is 2. The minimum atomic E-state index is -0.782. The lowest BCUT2D eigenvalue weighted by Gasteiger charge is -2.34. The van der Waals surface area contributed by atoms with E-state index in [4.69, 9.17) is 9.47 Å². The van der Waals surface area contributed by atoms with Gasteiger partial charge in [-0.1, -0.05) is 62.4 Å². The largest absolute Gasteiger partial charge is 0.463 e. The molecule has 1 N–H and O–H groups in total. The average molecular weight is 514 g/mol. The zero-order valence-electron chi connectivity index (χ0n) is 23.0. The lowest BCUT2D eigenvalue weighted by molar-refractivity contribution is -0.129. The van der Waals surface area contributed by atoms with E-state index < -0.39 is 5.60 Å². The van der Waals surface area contributed by atoms with Crippen LogP contribution in [-0.4, -0.2) is 35.4 Å². The molecule has 0 unspecified atom stereocenters. The van der Waals surface area contributed by atoms with Crippen molar-refractivity contribution in [3.05, 3.63) is 94.3 Å². The quantitative estimate of drug-likeness (QED) is 0.306. The summed E-state index contributed by atoms with van der Waals surface area (Å²) in [6, 6.07) is 15.5. The summed E-state index contributed by atoms with van der Waals surface area (Å²) < 4.78 is 10.3. The Morgan fingerprint density at radius 1 is 1.00 bits per heavy atom. The summed E-state index contributed by atoms with van der Waals surface area (Å²) in [5, 5.41) is 10.8. The van der Waals surface area contributed by atoms with Crippen LogP contribution in [0, 0.1) is 13.8 Å². The summed E-state index contributed by atoms with van der Waals surface area (Å²) >= 11 is 0. The number of carbonyl (C=O) groups is 1. The molecule has 0 aliphatic carbocycles. The summed E-state index contributed by atoms with van der Waals surface area (Å²) in [6.07, 6.45) is 10.8. The number of rotatable bonds is 10. The Kier molecular flexibility index (Phi) is 8.80. The van der Waals surface area contributed by atoms with E-state index in [1.54, 1.807) is 6.20 Å². The van der Waals surface area contributed by atoms with Crippen molar-refractivity contribution in [2.24, 2.45) is 0 Å². The predicted molar refractivity (Wildman–Crippen MR) is 152 cm³/mol. The van der Waals surface area contributed by atoms with Gasteiger partial charge >= 0.3 is 0 Å². The maximum Gasteiger partial charge on any atom is 0.293 e. The molecule has 200 valence electrons. The maximum atomic E-state index is 10.8. The second kappa shape index (κ2) is 12.1. The van der Waals surface area contributed by atoms with Gasteiger partial charge in [0, 0.05) is 55.0 Å². The van der Waals surface area contributed by atoms with E-state index in [1.807, 2.05) is 18.3 Å². The molecule has 0 saturated carbocycles. The van der Waals surface area contributed by atoms with Crippen molar-refractivity contribution in [2.45, 2.75) is 71.0 Å². The van der Waals surface area contributed by atoms with Gasteiger partial charge in [-0.15, -0.1) is 0 Å². The molecule has 4 rings (SSSR count). The molecule has 1 saturated heterocycles. The van der Waals surface area contributed by atoms with Gasteiger partial charge in [0.05, 0.1) is 5.60 Å². The Morgan fingerprint density at radius 2 is 1.68 bits per heavy atom. The first kappa shape index (κ1) is 27.7. The highest BCUT2D eigenvalue weighted by Crippen LogP contribution is 2.41. The predicted octanol–water partition coefficient (Wildman–Crippen LogP) is 6.70. The van der Waals surface area contributed by atoms with Crippen LogP contribution in [0.5, 0.6) is 0 Å². The van der Waals surface area contributed by atoms with E-state index in [9.17, 15) is 9.90 Å². The zero-order chi connectivity index (χ0) is 27.2. The van der Waals surface area contributed by atoms with Crippen molar-refractivity contribution in [3.8, 4) is 11.1 Å². The van der Waals surface area contributed by atoms with Crippen LogP contribution in [-0.2, 0) is 26.3 Å². The number of carbonyl (C=O) groups excluding carboxylic acids is 1. The Morgan fingerprint density at radius 3 is 2.32 bits per heavy atom. The molecule has 38 heavy (non-hydrogen) atoms. The normalized spacial score (nSPS) is 15.5. The van der Waals surface area contributed by atoms with Crippen LogP contribution in [0.1, 0.15) is 72.9 Å². The van der Waals surface area contributed by atoms with Gasteiger partial charge in [-0.25, -0.2) is 0 Å². The van der Waals surface area contributed by atoms with Crippen molar-refractivity contribution < 1.29 is 19.4 Å². The topological polar surface area (TPSA) is 68.7 Å². The lowest BCUT2D eigenvalue weighted by atomic mass is 9.69. The summed E-state index contributed by atoms with van der Waals surface area (Å²) in [4.78, 5) is 14.9. The number of ether oxygens (including phenoxy) is 2. The van der Waals surface area contributed by atoms with Crippen LogP contribution in [0.4, 0.5) is 0 Å². The second-order valence-electron chi connectivity index (χ2n) is 10.4. The average Bonchev–Trinajstić information content (AvgIpc) is 2.93. The molecule has 1 aliphatic heterocycles. The molecular formula is C33H39NO4. The van der Waals surface area contributed by atoms with Crippen molar-refractivity contribution in [2.75, 3.05) is 13.2 Å². The number of pyridine rings is 1. The number of nitrogens with zero attached hydrogens (tertiary/aromatic N) is 1. The fourth-order valence-electron chi connectivity index (χ4n) is 5.66. The molecule has 0 atom stereocenters. The first-order chi connectivity index (χ1) is 18.3. The highest BCUT2D eigenvalue weighted by atomic mass is 16.5. The van der Waals surface area contributed by atoms with Gasteiger partial charge in [-0.2, -0.15) is 0 Å². The lowest BCUT2D eigenvalue weighted by Crippen LogP contribution is -2.33. The van der Waals surface area contributed by atoms with Gasteiger partial charge in [-0.05, 0) is 66.1 Å². The molecule has 2 heterocycles. The summed E-state index contributed by atoms with van der Waals surface area (Å²) in [7, 11) is 0. The highest BCUT2D eigenvalue weighted by Gasteiger charge is 2.31. The highest BCUT2D eigenvalue weighted by molar-refractivity contribution is 5.68. The number of aliphatic hydroxyl groups is 1. The Labute approximate surface area is 226 Å². The van der Waals surface area contributed by atoms with Gasteiger partial charge in [0.15, 0.2) is 0 Å². The third kappa shape index (κ3) is 5.90. The monoisotopic (exact) mass is 513 g/mol. The van der Waals surface area contributed by atoms with E-state index in [0.717, 1.165) is 35.1 Å². The smallest absolute Gasteiger partial charge is 0.293 e. The summed E-state index contributed by atoms with van der Waals surface area (Å²) in [5.74, 6) is 0. The van der Waals surface area contributed by atoms with Crippen molar-refractivity contribution >= 4 is 12.5 Å². The van der Waals surface area contributed by atoms with Crippen LogP contribution < -0.4 is 0 Å². The number of hydrogen-bond acceptors (Lipinski definition) is 5. The molecule has 2 aromatic carbocycles. The fraction of sp³-hybridized carbons (Fsp3) is 0.394. The van der Waals surface area contributed by atoms with E-state index in [-0.39, 0.29) is 12.0 Å². The third-order valence-corrected chi connectivity index (χ3v) is 8.16. The Balaban J connectivity index is 1.64. The fourth-order valence-corrected chi connectivity index (χ4v) is 5.66. The SMILES string of the molecule is CCC(CC)(c1ccc(C=CC2(O)CCOCC2)c(C)c1)c1ccc(-c2cncc(COC=O)c2)c(C)c1. The van der Waals surface area contributed by atoms with Gasteiger partial charge in [-0.3, -0.25) is 9.78 Å². The van der Waals surface area contributed by atoms with Crippen molar-refractivity contribution in [3.63, 3.8) is 0 Å². The summed E-state index contributed by atoms with van der Waals surface area (Å²) in [5.41, 5.74) is 8.24. The molecule has 0 amide bonds. The molecule has 1 aromatic heterocycles. The first-order valence-electron chi connectivity index (χ1n) is 13.6. The third-order valence-electron chi connectivity index (χ3n) is 8.16. The molecule has 1 fully saturated rings. The standard InChI is InChI=1S/C33H39NO4/c1-5-33(6-2,29-8-7-27(24(3)17-29)11-12-32(36)13-15-37-16-14-32)30-9-10-31(25(4)18-30)28-19-26(20-34-21-28)22-38-23-35/h7-12,17-21,23,36H,5-6,13-16,22H2,1-4H3. The van der Waals surface area contributed by atoms with E-state index in [2.05, 4.69) is 75.2 Å². The zero-order valence-corrected chi connectivity index (χ0v) is 23.0. The van der Waals surface area contributed by atoms with Gasteiger partial charge in [0.25, 0.3) is 6.47 Å². The van der Waals surface area contributed by atoms with Gasteiger partial charge in [0.1, 0.15) is 6.61 Å². The molecule has 1 aliphatic rings. The second-order valence-corrected chi connectivity index (χ2v) is 10.4. The van der Waals surface area contributed by atoms with E-state index in [1.165, 1.54) is 22.3 Å². The van der Waals surface area contributed by atoms with Crippen molar-refractivity contribution in [1.82, 2.24) is 4.98 Å². The molecule has 0 spiro atoms. The van der Waals surface area contributed by atoms with Crippen LogP contribution in [0.3, 0.4) is 0 Å². The molecule has 0 bridgehead atoms. The number of aryl methyl sites for hydroxylation is 2.